The van der Waals surface area contributed by atoms with E-state index < -0.39 is 11.7 Å². The maximum Gasteiger partial charge on any atom is 0.417 e. The Kier molecular flexibility index (Phi) is 5.97. The summed E-state index contributed by atoms with van der Waals surface area (Å²) in [6.07, 6.45) is -0.980. The van der Waals surface area contributed by atoms with E-state index in [9.17, 15) is 18.0 Å². The summed E-state index contributed by atoms with van der Waals surface area (Å²) in [5, 5.41) is -0.347. The molecule has 0 radical (unpaired) electrons. The monoisotopic (exact) mass is 449 g/mol. The van der Waals surface area contributed by atoms with Crippen LogP contribution in [0.4, 0.5) is 13.2 Å². The second-order valence-electron chi connectivity index (χ2n) is 7.79. The number of hydrogen-bond acceptors (Lipinski definition) is 2. The van der Waals surface area contributed by atoms with Crippen LogP contribution in [-0.2, 0) is 23.8 Å². The minimum Gasteiger partial charge on any atom is -0.343 e. The molecule has 4 rings (SSSR count). The van der Waals surface area contributed by atoms with Crippen LogP contribution in [0.5, 0.6) is 0 Å². The molecule has 0 atom stereocenters. The quantitative estimate of drug-likeness (QED) is 0.476. The highest BCUT2D eigenvalue weighted by Gasteiger charge is 2.34. The van der Waals surface area contributed by atoms with Gasteiger partial charge in [0.25, 0.3) is 0 Å². The zero-order chi connectivity index (χ0) is 22.2. The summed E-state index contributed by atoms with van der Waals surface area (Å²) >= 11 is 6.01. The van der Waals surface area contributed by atoms with Crippen LogP contribution in [0.1, 0.15) is 43.1 Å². The number of alkyl halides is 3. The number of halogens is 4. The van der Waals surface area contributed by atoms with Crippen molar-refractivity contribution in [3.05, 3.63) is 58.4 Å². The number of likely N-dealkylation sites (tertiary alicyclic amines) is 1. The third-order valence-electron chi connectivity index (χ3n) is 5.72. The van der Waals surface area contributed by atoms with E-state index in [1.54, 1.807) is 0 Å². The van der Waals surface area contributed by atoms with Crippen LogP contribution in [0.15, 0.2) is 36.4 Å². The SMILES string of the molecule is CCc1ccc(-n2c(CCCN3CCCC3=O)nc3cc(C(F)(F)F)c(Cl)cc32)cc1. The van der Waals surface area contributed by atoms with E-state index >= 15 is 0 Å². The molecule has 4 nitrogen and oxygen atoms in total. The Morgan fingerprint density at radius 2 is 1.90 bits per heavy atom. The third kappa shape index (κ3) is 4.42. The van der Waals surface area contributed by atoms with Gasteiger partial charge in [0.1, 0.15) is 5.82 Å². The molecule has 1 amide bonds. The molecule has 164 valence electrons. The summed E-state index contributed by atoms with van der Waals surface area (Å²) in [6, 6.07) is 10.2. The van der Waals surface area contributed by atoms with Gasteiger partial charge >= 0.3 is 6.18 Å². The molecule has 0 N–H and O–H groups in total. The Morgan fingerprint density at radius 3 is 2.52 bits per heavy atom. The predicted molar refractivity (Wildman–Crippen MR) is 115 cm³/mol. The van der Waals surface area contributed by atoms with Gasteiger partial charge in [0, 0.05) is 31.6 Å². The lowest BCUT2D eigenvalue weighted by molar-refractivity contribution is -0.137. The fourth-order valence-electron chi connectivity index (χ4n) is 4.07. The highest BCUT2D eigenvalue weighted by Crippen LogP contribution is 2.38. The van der Waals surface area contributed by atoms with Crippen molar-refractivity contribution in [2.75, 3.05) is 13.1 Å². The number of hydrogen-bond donors (Lipinski definition) is 0. The second kappa shape index (κ2) is 8.54. The van der Waals surface area contributed by atoms with Crippen molar-refractivity contribution in [3.63, 3.8) is 0 Å². The van der Waals surface area contributed by atoms with Crippen molar-refractivity contribution in [2.45, 2.75) is 45.2 Å². The third-order valence-corrected chi connectivity index (χ3v) is 6.03. The van der Waals surface area contributed by atoms with E-state index in [0.717, 1.165) is 31.1 Å². The molecule has 0 bridgehead atoms. The maximum absolute atomic E-state index is 13.3. The van der Waals surface area contributed by atoms with Crippen LogP contribution in [0.3, 0.4) is 0 Å². The number of amides is 1. The number of carbonyl (C=O) groups excluding carboxylic acids is 1. The Morgan fingerprint density at radius 1 is 1.16 bits per heavy atom. The highest BCUT2D eigenvalue weighted by molar-refractivity contribution is 6.32. The number of aryl methyl sites for hydroxylation is 2. The van der Waals surface area contributed by atoms with Crippen molar-refractivity contribution in [1.29, 1.82) is 0 Å². The number of carbonyl (C=O) groups is 1. The molecule has 3 aromatic rings. The zero-order valence-electron chi connectivity index (χ0n) is 17.2. The van der Waals surface area contributed by atoms with Gasteiger partial charge in [-0.05, 0) is 49.1 Å². The lowest BCUT2D eigenvalue weighted by Gasteiger charge is -2.15. The standard InChI is InChI=1S/C23H23ClF3N3O/c1-2-15-7-9-16(10-8-15)30-20-14-18(24)17(23(25,26)27)13-19(20)28-21(30)5-3-11-29-12-4-6-22(29)31/h7-10,13-14H,2-6,11-12H2,1H3. The second-order valence-corrected chi connectivity index (χ2v) is 8.20. The van der Waals surface area contributed by atoms with Crippen LogP contribution >= 0.6 is 11.6 Å². The van der Waals surface area contributed by atoms with Crippen LogP contribution in [-0.4, -0.2) is 33.4 Å². The fourth-order valence-corrected chi connectivity index (χ4v) is 4.34. The summed E-state index contributed by atoms with van der Waals surface area (Å²) in [7, 11) is 0. The van der Waals surface area contributed by atoms with Crippen LogP contribution in [0.25, 0.3) is 16.7 Å². The number of benzene rings is 2. The molecule has 1 aliphatic rings. The van der Waals surface area contributed by atoms with E-state index in [1.807, 2.05) is 33.7 Å². The highest BCUT2D eigenvalue weighted by atomic mass is 35.5. The molecule has 0 aliphatic carbocycles. The molecule has 1 aliphatic heterocycles. The lowest BCUT2D eigenvalue weighted by atomic mass is 10.1. The van der Waals surface area contributed by atoms with Gasteiger partial charge in [-0.3, -0.25) is 9.36 Å². The average molecular weight is 450 g/mol. The predicted octanol–water partition coefficient (Wildman–Crippen LogP) is 5.82. The minimum atomic E-state index is -4.55. The number of fused-ring (bicyclic) bond motifs is 1. The molecular formula is C23H23ClF3N3O. The Labute approximate surface area is 183 Å². The Balaban J connectivity index is 1.73. The number of rotatable bonds is 6. The van der Waals surface area contributed by atoms with Crippen molar-refractivity contribution >= 4 is 28.5 Å². The van der Waals surface area contributed by atoms with Gasteiger partial charge in [-0.2, -0.15) is 13.2 Å². The van der Waals surface area contributed by atoms with Crippen LogP contribution in [0.2, 0.25) is 5.02 Å². The van der Waals surface area contributed by atoms with E-state index in [-0.39, 0.29) is 16.4 Å². The molecular weight excluding hydrogens is 427 g/mol. The summed E-state index contributed by atoms with van der Waals surface area (Å²) in [6.45, 7) is 3.44. The first-order valence-corrected chi connectivity index (χ1v) is 10.8. The largest absolute Gasteiger partial charge is 0.417 e. The molecule has 31 heavy (non-hydrogen) atoms. The topological polar surface area (TPSA) is 38.1 Å². The fraction of sp³-hybridized carbons (Fsp3) is 0.391. The van der Waals surface area contributed by atoms with Crippen molar-refractivity contribution in [1.82, 2.24) is 14.5 Å². The lowest BCUT2D eigenvalue weighted by Crippen LogP contribution is -2.26. The smallest absolute Gasteiger partial charge is 0.343 e. The first-order valence-electron chi connectivity index (χ1n) is 10.4. The Hall–Kier alpha value is -2.54. The summed E-state index contributed by atoms with van der Waals surface area (Å²) in [5.41, 5.74) is 1.89. The molecule has 1 fully saturated rings. The molecule has 0 unspecified atom stereocenters. The maximum atomic E-state index is 13.3. The average Bonchev–Trinajstić information content (AvgIpc) is 3.29. The normalized spacial score (nSPS) is 14.7. The van der Waals surface area contributed by atoms with Crippen LogP contribution < -0.4 is 0 Å². The van der Waals surface area contributed by atoms with E-state index in [4.69, 9.17) is 11.6 Å². The van der Waals surface area contributed by atoms with Gasteiger partial charge < -0.3 is 4.90 Å². The van der Waals surface area contributed by atoms with Crippen molar-refractivity contribution in [2.24, 2.45) is 0 Å². The summed E-state index contributed by atoms with van der Waals surface area (Å²) in [5.74, 6) is 0.812. The van der Waals surface area contributed by atoms with E-state index in [0.29, 0.717) is 37.1 Å². The van der Waals surface area contributed by atoms with Gasteiger partial charge in [-0.25, -0.2) is 4.98 Å². The molecule has 2 heterocycles. The van der Waals surface area contributed by atoms with Gasteiger partial charge in [0.2, 0.25) is 5.91 Å². The van der Waals surface area contributed by atoms with Crippen molar-refractivity contribution in [3.8, 4) is 5.69 Å². The van der Waals surface area contributed by atoms with Gasteiger partial charge in [0.15, 0.2) is 0 Å². The zero-order valence-corrected chi connectivity index (χ0v) is 17.9. The first-order chi connectivity index (χ1) is 14.8. The van der Waals surface area contributed by atoms with Crippen LogP contribution in [0, 0.1) is 0 Å². The van der Waals surface area contributed by atoms with Gasteiger partial charge in [-0.1, -0.05) is 30.7 Å². The number of nitrogens with zero attached hydrogens (tertiary/aromatic N) is 3. The number of aromatic nitrogens is 2. The molecule has 0 saturated carbocycles. The molecule has 2 aromatic carbocycles. The molecule has 1 saturated heterocycles. The summed E-state index contributed by atoms with van der Waals surface area (Å²) in [4.78, 5) is 18.2. The van der Waals surface area contributed by atoms with Gasteiger partial charge in [0.05, 0.1) is 21.6 Å². The minimum absolute atomic E-state index is 0.158. The Bertz CT molecular complexity index is 1110. The number of imidazole rings is 1. The van der Waals surface area contributed by atoms with Gasteiger partial charge in [-0.15, -0.1) is 0 Å². The molecule has 0 spiro atoms. The van der Waals surface area contributed by atoms with E-state index in [2.05, 4.69) is 11.9 Å². The van der Waals surface area contributed by atoms with Crippen molar-refractivity contribution < 1.29 is 18.0 Å². The van der Waals surface area contributed by atoms with E-state index in [1.165, 1.54) is 11.6 Å². The molecule has 8 heteroatoms. The summed E-state index contributed by atoms with van der Waals surface area (Å²) < 4.78 is 41.9. The first kappa shape index (κ1) is 21.7. The molecule has 1 aromatic heterocycles.